The predicted molar refractivity (Wildman–Crippen MR) is 218 cm³/mol. The summed E-state index contributed by atoms with van der Waals surface area (Å²) in [5.74, 6) is 2.29. The van der Waals surface area contributed by atoms with E-state index in [9.17, 15) is 9.90 Å². The van der Waals surface area contributed by atoms with Gasteiger partial charge in [-0.1, -0.05) is 131 Å². The Hall–Kier alpha value is -2.85. The summed E-state index contributed by atoms with van der Waals surface area (Å²) in [5, 5.41) is 15.3. The average molecular weight is 883 g/mol. The van der Waals surface area contributed by atoms with Gasteiger partial charge in [0, 0.05) is 59.3 Å². The summed E-state index contributed by atoms with van der Waals surface area (Å²) in [7, 11) is 0. The molecule has 3 nitrogen and oxygen atoms in total. The van der Waals surface area contributed by atoms with E-state index in [1.54, 1.807) is 0 Å². The van der Waals surface area contributed by atoms with Crippen LogP contribution in [0, 0.1) is 47.5 Å². The van der Waals surface area contributed by atoms with Gasteiger partial charge in [0.05, 0.1) is 5.76 Å². The molecule has 0 aliphatic carbocycles. The molecule has 0 aliphatic heterocycles. The van der Waals surface area contributed by atoms with Gasteiger partial charge >= 0.3 is 0 Å². The molecule has 5 heteroatoms. The Kier molecular flexibility index (Phi) is 14.8. The molecule has 0 amide bonds. The summed E-state index contributed by atoms with van der Waals surface area (Å²) in [4.78, 5) is 17.2. The molecule has 51 heavy (non-hydrogen) atoms. The maximum absolute atomic E-state index is 12.3. The van der Waals surface area contributed by atoms with Gasteiger partial charge in [-0.3, -0.25) is 9.78 Å². The third-order valence-corrected chi connectivity index (χ3v) is 10.9. The second-order valence-corrected chi connectivity index (χ2v) is 18.0. The van der Waals surface area contributed by atoms with Crippen molar-refractivity contribution in [1.82, 2.24) is 4.98 Å². The van der Waals surface area contributed by atoms with Gasteiger partial charge in [0.2, 0.25) is 0 Å². The van der Waals surface area contributed by atoms with Crippen LogP contribution in [0.25, 0.3) is 42.2 Å². The number of hydrogen-bond donors (Lipinski definition) is 1. The minimum Gasteiger partial charge on any atom is -0.512 e. The van der Waals surface area contributed by atoms with Crippen LogP contribution in [0.5, 0.6) is 0 Å². The van der Waals surface area contributed by atoms with Crippen molar-refractivity contribution in [2.45, 2.75) is 102 Å². The summed E-state index contributed by atoms with van der Waals surface area (Å²) in [6.45, 7) is 28.0. The molecule has 0 spiro atoms. The summed E-state index contributed by atoms with van der Waals surface area (Å²) in [6.07, 6.45) is 4.55. The molecule has 0 atom stereocenters. The van der Waals surface area contributed by atoms with Crippen molar-refractivity contribution in [3.05, 3.63) is 89.8 Å². The number of allylic oxidation sites excluding steroid dienone is 2. The third-order valence-electron chi connectivity index (χ3n) is 9.77. The molecule has 2 heterocycles. The summed E-state index contributed by atoms with van der Waals surface area (Å²) < 4.78 is 2.60. The number of hydrogen-bond acceptors (Lipinski definition) is 4. The first-order valence-electron chi connectivity index (χ1n) is 18.6. The Morgan fingerprint density at radius 3 is 1.98 bits per heavy atom. The van der Waals surface area contributed by atoms with Crippen molar-refractivity contribution < 1.29 is 30.0 Å². The standard InChI is InChI=1S/C29H28NS.C17H32O2.Ir/c1-18(2)14-19-10-11-23-24-12-13-30-27(28(24)31-26(23)15-19)21-16-20-8-6-7-9-22(20)25(17-21)29(3,4)5;1-10(2)16(11(3)4)14(18)9-15(19)17(12(5)6)13(7)8;/h6-13,15,17-18H,14H2,1-5H3;9-13,16-18H,1-8H3;/q-1;;/b;14-9-;. The van der Waals surface area contributed by atoms with Gasteiger partial charge in [0.1, 0.15) is 0 Å². The molecule has 1 radical (unpaired) electrons. The zero-order chi connectivity index (χ0) is 37.1. The SMILES string of the molecule is CC(C)C(C(=O)/C=C(\O)C(C(C)C)C(C)C)C(C)C.CC(C)Cc1ccc2c(c1)sc1c(-c3[c-]c4ccccc4c(C(C)(C)C)c3)nccc12.[Ir]. The predicted octanol–water partition coefficient (Wildman–Crippen LogP) is 13.4. The number of aliphatic hydroxyl groups excluding tert-OH is 1. The van der Waals surface area contributed by atoms with Crippen LogP contribution in [0.4, 0.5) is 0 Å². The van der Waals surface area contributed by atoms with Crippen LogP contribution in [-0.2, 0) is 36.7 Å². The third kappa shape index (κ3) is 10.2. The molecule has 5 rings (SSSR count). The number of nitrogens with zero attached hydrogens (tertiary/aromatic N) is 1. The molecule has 2 aromatic heterocycles. The van der Waals surface area contributed by atoms with Gasteiger partial charge in [-0.25, -0.2) is 0 Å². The molecule has 0 fully saturated rings. The van der Waals surface area contributed by atoms with E-state index < -0.39 is 0 Å². The number of aromatic nitrogens is 1. The quantitative estimate of drug-likeness (QED) is 0.0864. The molecule has 5 aromatic rings. The van der Waals surface area contributed by atoms with Gasteiger partial charge in [-0.15, -0.1) is 40.5 Å². The minimum absolute atomic E-state index is 0. The van der Waals surface area contributed by atoms with Crippen LogP contribution in [0.1, 0.15) is 101 Å². The van der Waals surface area contributed by atoms with Crippen molar-refractivity contribution in [2.24, 2.45) is 41.4 Å². The Morgan fingerprint density at radius 1 is 0.804 bits per heavy atom. The zero-order valence-electron chi connectivity index (χ0n) is 33.1. The van der Waals surface area contributed by atoms with Crippen molar-refractivity contribution in [3.63, 3.8) is 0 Å². The number of pyridine rings is 1. The number of benzene rings is 3. The fourth-order valence-electron chi connectivity index (χ4n) is 7.73. The fraction of sp³-hybridized carbons (Fsp3) is 0.478. The van der Waals surface area contributed by atoms with Crippen molar-refractivity contribution in [3.8, 4) is 11.3 Å². The van der Waals surface area contributed by atoms with Crippen LogP contribution in [0.2, 0.25) is 0 Å². The van der Waals surface area contributed by atoms with E-state index in [0.717, 1.165) is 23.1 Å². The topological polar surface area (TPSA) is 50.2 Å². The molecule has 1 N–H and O–H groups in total. The van der Waals surface area contributed by atoms with E-state index in [1.165, 1.54) is 42.8 Å². The van der Waals surface area contributed by atoms with Gasteiger partial charge in [0.25, 0.3) is 0 Å². The normalized spacial score (nSPS) is 12.7. The molecule has 0 aliphatic rings. The number of rotatable bonds is 10. The van der Waals surface area contributed by atoms with Crippen molar-refractivity contribution >= 4 is 48.1 Å². The first-order chi connectivity index (χ1) is 23.4. The average Bonchev–Trinajstić information content (AvgIpc) is 3.37. The first-order valence-corrected chi connectivity index (χ1v) is 19.4. The fourth-order valence-corrected chi connectivity index (χ4v) is 9.00. The maximum atomic E-state index is 12.3. The van der Waals surface area contributed by atoms with Crippen LogP contribution < -0.4 is 0 Å². The van der Waals surface area contributed by atoms with Gasteiger partial charge in [0.15, 0.2) is 5.78 Å². The second-order valence-electron chi connectivity index (χ2n) is 17.0. The van der Waals surface area contributed by atoms with Gasteiger partial charge < -0.3 is 5.11 Å². The smallest absolute Gasteiger partial charge is 0.162 e. The Labute approximate surface area is 325 Å². The summed E-state index contributed by atoms with van der Waals surface area (Å²) in [5.41, 5.74) is 4.93. The number of fused-ring (bicyclic) bond motifs is 4. The molecular weight excluding hydrogens is 823 g/mol. The molecule has 0 bridgehead atoms. The van der Waals surface area contributed by atoms with Gasteiger partial charge in [-0.2, -0.15) is 0 Å². The van der Waals surface area contributed by atoms with Crippen LogP contribution in [0.15, 0.2) is 72.6 Å². The molecule has 3 aromatic carbocycles. The number of carbonyl (C=O) groups excluding carboxylic acids is 1. The van der Waals surface area contributed by atoms with Crippen LogP contribution in [-0.4, -0.2) is 15.9 Å². The summed E-state index contributed by atoms with van der Waals surface area (Å²) in [6, 6.07) is 23.7. The zero-order valence-corrected chi connectivity index (χ0v) is 36.4. The second kappa shape index (κ2) is 17.8. The monoisotopic (exact) mass is 883 g/mol. The Bertz CT molecular complexity index is 1940. The van der Waals surface area contributed by atoms with E-state index in [4.69, 9.17) is 4.98 Å². The van der Waals surface area contributed by atoms with Crippen LogP contribution >= 0.6 is 11.3 Å². The molecule has 0 unspecified atom stereocenters. The van der Waals surface area contributed by atoms with E-state index in [0.29, 0.717) is 29.6 Å². The summed E-state index contributed by atoms with van der Waals surface area (Å²) >= 11 is 1.86. The number of ketones is 1. The Balaban J connectivity index is 0.000000306. The van der Waals surface area contributed by atoms with Crippen molar-refractivity contribution in [2.75, 3.05) is 0 Å². The number of carbonyl (C=O) groups is 1. The number of thiophene rings is 1. The molecular formula is C46H60IrNO2S-. The van der Waals surface area contributed by atoms with Crippen LogP contribution in [0.3, 0.4) is 0 Å². The number of aliphatic hydroxyl groups is 1. The van der Waals surface area contributed by atoms with E-state index in [-0.39, 0.29) is 48.9 Å². The maximum Gasteiger partial charge on any atom is 0.162 e. The largest absolute Gasteiger partial charge is 0.512 e. The molecule has 0 saturated heterocycles. The van der Waals surface area contributed by atoms with Crippen molar-refractivity contribution in [1.29, 1.82) is 0 Å². The van der Waals surface area contributed by atoms with E-state index in [1.807, 2.05) is 17.5 Å². The Morgan fingerprint density at radius 2 is 1.41 bits per heavy atom. The first kappa shape index (κ1) is 42.6. The van der Waals surface area contributed by atoms with E-state index in [2.05, 4.69) is 151 Å². The van der Waals surface area contributed by atoms with Gasteiger partial charge in [-0.05, 0) is 69.9 Å². The minimum atomic E-state index is -0.0119. The molecule has 0 saturated carbocycles. The molecule has 277 valence electrons. The van der Waals surface area contributed by atoms with E-state index >= 15 is 0 Å².